The number of hydrogen-bond acceptors (Lipinski definition) is 3. The number of rotatable bonds is 4. The van der Waals surface area contributed by atoms with Gasteiger partial charge < -0.3 is 10.1 Å². The summed E-state index contributed by atoms with van der Waals surface area (Å²) in [6, 6.07) is 9.54. The Morgan fingerprint density at radius 3 is 2.89 bits per heavy atom. The molecule has 2 fully saturated rings. The van der Waals surface area contributed by atoms with Gasteiger partial charge in [0.15, 0.2) is 0 Å². The van der Waals surface area contributed by atoms with Gasteiger partial charge in [0.05, 0.1) is 18.8 Å². The average Bonchev–Trinajstić information content (AvgIpc) is 3.22. The van der Waals surface area contributed by atoms with Gasteiger partial charge in [-0.3, -0.25) is 4.90 Å². The van der Waals surface area contributed by atoms with Gasteiger partial charge in [0, 0.05) is 23.6 Å². The predicted molar refractivity (Wildman–Crippen MR) is 80.3 cm³/mol. The van der Waals surface area contributed by atoms with Gasteiger partial charge in [0.1, 0.15) is 0 Å². The molecule has 3 rings (SSSR count). The van der Waals surface area contributed by atoms with Crippen molar-refractivity contribution in [2.75, 3.05) is 26.7 Å². The lowest BCUT2D eigenvalue weighted by atomic mass is 9.98. The third-order valence-corrected chi connectivity index (χ3v) is 4.73. The molecule has 19 heavy (non-hydrogen) atoms. The predicted octanol–water partition coefficient (Wildman–Crippen LogP) is 2.57. The number of nitrogens with zero attached hydrogens (tertiary/aromatic N) is 1. The molecule has 1 aromatic rings. The van der Waals surface area contributed by atoms with Crippen molar-refractivity contribution >= 4 is 15.9 Å². The minimum Gasteiger partial charge on any atom is -0.374 e. The van der Waals surface area contributed by atoms with Crippen LogP contribution in [0.2, 0.25) is 0 Å². The van der Waals surface area contributed by atoms with E-state index in [-0.39, 0.29) is 6.10 Å². The third kappa shape index (κ3) is 3.19. The van der Waals surface area contributed by atoms with Crippen LogP contribution >= 0.6 is 15.9 Å². The number of nitrogens with one attached hydrogen (secondary N) is 1. The molecule has 0 aromatic heterocycles. The molecule has 1 heterocycles. The molecule has 0 spiro atoms. The average molecular weight is 325 g/mol. The van der Waals surface area contributed by atoms with Crippen LogP contribution in [0.1, 0.15) is 24.4 Å². The Hall–Kier alpha value is -0.420. The molecule has 104 valence electrons. The van der Waals surface area contributed by atoms with E-state index < -0.39 is 0 Å². The highest BCUT2D eigenvalue weighted by atomic mass is 79.9. The van der Waals surface area contributed by atoms with Crippen LogP contribution in [0, 0.1) is 0 Å². The van der Waals surface area contributed by atoms with Gasteiger partial charge in [-0.15, -0.1) is 0 Å². The summed E-state index contributed by atoms with van der Waals surface area (Å²) >= 11 is 3.68. The Morgan fingerprint density at radius 1 is 1.37 bits per heavy atom. The van der Waals surface area contributed by atoms with Gasteiger partial charge in [-0.2, -0.15) is 0 Å². The van der Waals surface area contributed by atoms with Crippen molar-refractivity contribution in [1.82, 2.24) is 10.2 Å². The number of ether oxygens (including phenoxy) is 1. The van der Waals surface area contributed by atoms with Gasteiger partial charge in [-0.25, -0.2) is 0 Å². The Bertz CT molecular complexity index is 436. The Balaban J connectivity index is 1.78. The number of benzene rings is 1. The van der Waals surface area contributed by atoms with Gasteiger partial charge in [0.25, 0.3) is 0 Å². The van der Waals surface area contributed by atoms with Gasteiger partial charge in [-0.05, 0) is 31.5 Å². The lowest BCUT2D eigenvalue weighted by molar-refractivity contribution is -0.0617. The topological polar surface area (TPSA) is 24.5 Å². The van der Waals surface area contributed by atoms with Gasteiger partial charge in [-0.1, -0.05) is 34.1 Å². The highest BCUT2D eigenvalue weighted by Gasteiger charge is 2.33. The van der Waals surface area contributed by atoms with Crippen molar-refractivity contribution in [2.24, 2.45) is 0 Å². The minimum atomic E-state index is 0.234. The van der Waals surface area contributed by atoms with E-state index in [9.17, 15) is 0 Å². The van der Waals surface area contributed by atoms with Crippen molar-refractivity contribution in [2.45, 2.75) is 31.0 Å². The first kappa shape index (κ1) is 13.6. The standard InChI is InChI=1S/C15H21BrN2O/c1-18-8-9-19-14(10-17-11-6-7-11)15(18)12-4-2-3-5-13(12)16/h2-5,11,14-15,17H,6-10H2,1H3. The van der Waals surface area contributed by atoms with Crippen LogP contribution in [0.5, 0.6) is 0 Å². The Labute approximate surface area is 123 Å². The van der Waals surface area contributed by atoms with E-state index in [1.807, 2.05) is 0 Å². The molecule has 0 bridgehead atoms. The number of likely N-dealkylation sites (N-methyl/N-ethyl adjacent to an activating group) is 1. The summed E-state index contributed by atoms with van der Waals surface area (Å²) in [7, 11) is 2.19. The van der Waals surface area contributed by atoms with Crippen LogP contribution in [0.4, 0.5) is 0 Å². The monoisotopic (exact) mass is 324 g/mol. The second-order valence-corrected chi connectivity index (χ2v) is 6.39. The lowest BCUT2D eigenvalue weighted by Crippen LogP contribution is -2.47. The summed E-state index contributed by atoms with van der Waals surface area (Å²) in [6.45, 7) is 2.77. The molecule has 1 aliphatic heterocycles. The van der Waals surface area contributed by atoms with E-state index in [1.54, 1.807) is 0 Å². The quantitative estimate of drug-likeness (QED) is 0.921. The first-order valence-electron chi connectivity index (χ1n) is 7.05. The molecule has 1 aliphatic carbocycles. The lowest BCUT2D eigenvalue weighted by Gasteiger charge is -2.40. The van der Waals surface area contributed by atoms with Crippen LogP contribution < -0.4 is 5.32 Å². The summed E-state index contributed by atoms with van der Waals surface area (Å²) in [6.07, 6.45) is 2.88. The van der Waals surface area contributed by atoms with Crippen LogP contribution in [0.15, 0.2) is 28.7 Å². The van der Waals surface area contributed by atoms with Gasteiger partial charge in [0.2, 0.25) is 0 Å². The van der Waals surface area contributed by atoms with E-state index in [0.717, 1.165) is 25.7 Å². The van der Waals surface area contributed by atoms with Crippen molar-refractivity contribution in [3.05, 3.63) is 34.3 Å². The Morgan fingerprint density at radius 2 is 2.16 bits per heavy atom. The summed E-state index contributed by atoms with van der Waals surface area (Å²) in [5.41, 5.74) is 1.33. The van der Waals surface area contributed by atoms with Crippen LogP contribution in [0.3, 0.4) is 0 Å². The van der Waals surface area contributed by atoms with Crippen molar-refractivity contribution in [3.63, 3.8) is 0 Å². The molecule has 1 saturated heterocycles. The fourth-order valence-electron chi connectivity index (χ4n) is 2.76. The fraction of sp³-hybridized carbons (Fsp3) is 0.600. The minimum absolute atomic E-state index is 0.234. The van der Waals surface area contributed by atoms with Crippen LogP contribution in [-0.4, -0.2) is 43.8 Å². The SMILES string of the molecule is CN1CCOC(CNC2CC2)C1c1ccccc1Br. The largest absolute Gasteiger partial charge is 0.374 e. The maximum absolute atomic E-state index is 6.02. The summed E-state index contributed by atoms with van der Waals surface area (Å²) in [5, 5.41) is 3.60. The first-order chi connectivity index (χ1) is 9.25. The molecular formula is C15H21BrN2O. The maximum atomic E-state index is 6.02. The smallest absolute Gasteiger partial charge is 0.0896 e. The molecule has 1 aromatic carbocycles. The molecule has 3 nitrogen and oxygen atoms in total. The van der Waals surface area contributed by atoms with Gasteiger partial charge >= 0.3 is 0 Å². The third-order valence-electron chi connectivity index (χ3n) is 4.01. The second kappa shape index (κ2) is 5.92. The number of halogens is 1. The zero-order valence-electron chi connectivity index (χ0n) is 11.3. The zero-order chi connectivity index (χ0) is 13.2. The van der Waals surface area contributed by atoms with E-state index >= 15 is 0 Å². The maximum Gasteiger partial charge on any atom is 0.0896 e. The Kier molecular flexibility index (Phi) is 4.22. The normalized spacial score (nSPS) is 28.5. The summed E-state index contributed by atoms with van der Waals surface area (Å²) in [4.78, 5) is 2.41. The van der Waals surface area contributed by atoms with Crippen molar-refractivity contribution < 1.29 is 4.74 Å². The molecule has 2 atom stereocenters. The van der Waals surface area contributed by atoms with Crippen molar-refractivity contribution in [3.8, 4) is 0 Å². The zero-order valence-corrected chi connectivity index (χ0v) is 12.9. The molecule has 4 heteroatoms. The molecule has 0 amide bonds. The molecule has 2 unspecified atom stereocenters. The number of hydrogen-bond donors (Lipinski definition) is 1. The van der Waals surface area contributed by atoms with Crippen LogP contribution in [0.25, 0.3) is 0 Å². The number of morpholine rings is 1. The molecule has 0 radical (unpaired) electrons. The molecule has 1 N–H and O–H groups in total. The summed E-state index contributed by atoms with van der Waals surface area (Å²) in [5.74, 6) is 0. The van der Waals surface area contributed by atoms with Crippen LogP contribution in [-0.2, 0) is 4.74 Å². The summed E-state index contributed by atoms with van der Waals surface area (Å²) < 4.78 is 7.20. The van der Waals surface area contributed by atoms with E-state index in [1.165, 1.54) is 22.9 Å². The second-order valence-electron chi connectivity index (χ2n) is 5.54. The molecular weight excluding hydrogens is 304 g/mol. The molecule has 1 saturated carbocycles. The highest BCUT2D eigenvalue weighted by molar-refractivity contribution is 9.10. The highest BCUT2D eigenvalue weighted by Crippen LogP contribution is 2.33. The van der Waals surface area contributed by atoms with E-state index in [2.05, 4.69) is 57.5 Å². The molecule has 2 aliphatic rings. The van der Waals surface area contributed by atoms with Crippen molar-refractivity contribution in [1.29, 1.82) is 0 Å². The van der Waals surface area contributed by atoms with E-state index in [4.69, 9.17) is 4.74 Å². The fourth-order valence-corrected chi connectivity index (χ4v) is 3.27. The van der Waals surface area contributed by atoms with E-state index in [0.29, 0.717) is 6.04 Å². The first-order valence-corrected chi connectivity index (χ1v) is 7.84.